The number of aromatic nitrogens is 3. The number of ether oxygens (including phenoxy) is 2. The topological polar surface area (TPSA) is 61.2 Å². The van der Waals surface area contributed by atoms with Gasteiger partial charge in [-0.1, -0.05) is 11.6 Å². The molecular formula is C12H15ClN4O2. The Balaban J connectivity index is 2.17. The van der Waals surface area contributed by atoms with Crippen LogP contribution in [0.5, 0.6) is 11.5 Å². The summed E-state index contributed by atoms with van der Waals surface area (Å²) in [6.45, 7) is 3.01. The van der Waals surface area contributed by atoms with Crippen molar-refractivity contribution < 1.29 is 9.47 Å². The number of methoxy groups -OCH3 is 1. The second-order valence-electron chi connectivity index (χ2n) is 3.73. The van der Waals surface area contributed by atoms with E-state index in [1.165, 1.54) is 0 Å². The van der Waals surface area contributed by atoms with Gasteiger partial charge in [-0.15, -0.1) is 10.2 Å². The van der Waals surface area contributed by atoms with Gasteiger partial charge in [0.25, 0.3) is 0 Å². The van der Waals surface area contributed by atoms with Crippen molar-refractivity contribution in [3.63, 3.8) is 0 Å². The molecule has 0 aliphatic rings. The molecule has 0 saturated carbocycles. The van der Waals surface area contributed by atoms with Crippen LogP contribution in [-0.4, -0.2) is 28.6 Å². The molecule has 1 aromatic carbocycles. The molecule has 1 aromatic heterocycles. The van der Waals surface area contributed by atoms with Crippen LogP contribution in [0, 0.1) is 0 Å². The van der Waals surface area contributed by atoms with Crippen molar-refractivity contribution in [3.05, 3.63) is 35.4 Å². The lowest BCUT2D eigenvalue weighted by molar-refractivity contribution is 0.310. The summed E-state index contributed by atoms with van der Waals surface area (Å²) in [5, 5.41) is 8.02. The molecule has 0 bridgehead atoms. The van der Waals surface area contributed by atoms with Gasteiger partial charge >= 0.3 is 0 Å². The maximum Gasteiger partial charge on any atom is 0.162 e. The number of benzene rings is 1. The van der Waals surface area contributed by atoms with E-state index in [1.54, 1.807) is 30.5 Å². The summed E-state index contributed by atoms with van der Waals surface area (Å²) in [6.07, 6.45) is 3.14. The summed E-state index contributed by atoms with van der Waals surface area (Å²) in [7, 11) is 1.59. The third-order valence-electron chi connectivity index (χ3n) is 2.50. The molecule has 0 radical (unpaired) electrons. The second-order valence-corrected chi connectivity index (χ2v) is 4.14. The molecule has 0 aliphatic carbocycles. The number of hydrogen-bond donors (Lipinski definition) is 1. The molecule has 0 spiro atoms. The smallest absolute Gasteiger partial charge is 0.162 e. The number of hydrogen-bond acceptors (Lipinski definition) is 5. The third kappa shape index (κ3) is 3.29. The average molecular weight is 283 g/mol. The molecule has 2 aromatic rings. The lowest BCUT2D eigenvalue weighted by Gasteiger charge is -2.13. The second kappa shape index (κ2) is 6.29. The number of nitrogens with one attached hydrogen (secondary N) is 1. The van der Waals surface area contributed by atoms with Crippen molar-refractivity contribution in [2.45, 2.75) is 13.5 Å². The number of nitrogens with zero attached hydrogens (tertiary/aromatic N) is 3. The van der Waals surface area contributed by atoms with E-state index in [1.807, 2.05) is 13.0 Å². The highest BCUT2D eigenvalue weighted by molar-refractivity contribution is 6.31. The lowest BCUT2D eigenvalue weighted by Crippen LogP contribution is -2.12. The van der Waals surface area contributed by atoms with E-state index < -0.39 is 0 Å². The van der Waals surface area contributed by atoms with Gasteiger partial charge in [0, 0.05) is 11.1 Å². The molecule has 2 rings (SSSR count). The number of rotatable bonds is 6. The zero-order chi connectivity index (χ0) is 13.7. The Bertz CT molecular complexity index is 531. The minimum absolute atomic E-state index is 0.529. The molecule has 0 fully saturated rings. The van der Waals surface area contributed by atoms with E-state index in [2.05, 4.69) is 15.6 Å². The highest BCUT2D eigenvalue weighted by atomic mass is 35.5. The van der Waals surface area contributed by atoms with Gasteiger partial charge in [-0.3, -0.25) is 0 Å². The lowest BCUT2D eigenvalue weighted by atomic mass is 10.2. The van der Waals surface area contributed by atoms with Gasteiger partial charge < -0.3 is 14.9 Å². The first-order valence-electron chi connectivity index (χ1n) is 5.82. The Kier molecular flexibility index (Phi) is 4.46. The van der Waals surface area contributed by atoms with Crippen molar-refractivity contribution >= 4 is 11.6 Å². The maximum absolute atomic E-state index is 6.20. The SMILES string of the molecule is CCOc1cc(CNn2cnnc2)c(Cl)cc1OC. The fraction of sp³-hybridized carbons (Fsp3) is 0.333. The summed E-state index contributed by atoms with van der Waals surface area (Å²) in [5.74, 6) is 1.30. The van der Waals surface area contributed by atoms with Gasteiger partial charge in [-0.2, -0.15) is 0 Å². The predicted molar refractivity (Wildman–Crippen MR) is 72.3 cm³/mol. The Morgan fingerprint density at radius 1 is 1.26 bits per heavy atom. The Labute approximate surface area is 116 Å². The Morgan fingerprint density at radius 3 is 2.63 bits per heavy atom. The van der Waals surface area contributed by atoms with E-state index >= 15 is 0 Å². The summed E-state index contributed by atoms with van der Waals surface area (Å²) in [5.41, 5.74) is 4.00. The zero-order valence-corrected chi connectivity index (χ0v) is 11.5. The van der Waals surface area contributed by atoms with Crippen molar-refractivity contribution in [3.8, 4) is 11.5 Å². The van der Waals surface area contributed by atoms with Crippen LogP contribution in [0.25, 0.3) is 0 Å². The molecular weight excluding hydrogens is 268 g/mol. The zero-order valence-electron chi connectivity index (χ0n) is 10.8. The van der Waals surface area contributed by atoms with Gasteiger partial charge in [-0.05, 0) is 18.6 Å². The largest absolute Gasteiger partial charge is 0.493 e. The molecule has 0 amide bonds. The summed E-state index contributed by atoms with van der Waals surface area (Å²) < 4.78 is 12.4. The van der Waals surface area contributed by atoms with Crippen LogP contribution >= 0.6 is 11.6 Å². The highest BCUT2D eigenvalue weighted by Gasteiger charge is 2.10. The van der Waals surface area contributed by atoms with Crippen molar-refractivity contribution in [1.29, 1.82) is 0 Å². The average Bonchev–Trinajstić information content (AvgIpc) is 2.92. The Morgan fingerprint density at radius 2 is 2.00 bits per heavy atom. The van der Waals surface area contributed by atoms with Gasteiger partial charge in [0.15, 0.2) is 11.5 Å². The maximum atomic E-state index is 6.20. The van der Waals surface area contributed by atoms with E-state index in [0.29, 0.717) is 29.7 Å². The number of halogens is 1. The normalized spacial score (nSPS) is 10.3. The van der Waals surface area contributed by atoms with E-state index in [-0.39, 0.29) is 0 Å². The molecule has 102 valence electrons. The first kappa shape index (κ1) is 13.5. The molecule has 6 nitrogen and oxygen atoms in total. The van der Waals surface area contributed by atoms with E-state index in [9.17, 15) is 0 Å². The molecule has 1 N–H and O–H groups in total. The minimum atomic E-state index is 0.529. The van der Waals surface area contributed by atoms with Gasteiger partial charge in [0.1, 0.15) is 12.7 Å². The first-order chi connectivity index (χ1) is 9.24. The highest BCUT2D eigenvalue weighted by Crippen LogP contribution is 2.33. The van der Waals surface area contributed by atoms with Crippen LogP contribution in [0.3, 0.4) is 0 Å². The predicted octanol–water partition coefficient (Wildman–Crippen LogP) is 2.08. The van der Waals surface area contributed by atoms with Crippen molar-refractivity contribution in [2.24, 2.45) is 0 Å². The monoisotopic (exact) mass is 282 g/mol. The van der Waals surface area contributed by atoms with Crippen molar-refractivity contribution in [1.82, 2.24) is 14.9 Å². The Hall–Kier alpha value is -1.95. The quantitative estimate of drug-likeness (QED) is 0.879. The standard InChI is InChI=1S/C12H15ClN4O2/c1-3-19-12-4-9(10(13)5-11(12)18-2)6-16-17-7-14-15-8-17/h4-5,7-8,16H,3,6H2,1-2H3. The third-order valence-corrected chi connectivity index (χ3v) is 2.86. The van der Waals surface area contributed by atoms with Crippen molar-refractivity contribution in [2.75, 3.05) is 19.1 Å². The van der Waals surface area contributed by atoms with Crippen LogP contribution in [0.1, 0.15) is 12.5 Å². The van der Waals surface area contributed by atoms with Crippen LogP contribution in [0.4, 0.5) is 0 Å². The summed E-state index contributed by atoms with van der Waals surface area (Å²) in [4.78, 5) is 0. The molecule has 0 atom stereocenters. The van der Waals surface area contributed by atoms with Crippen LogP contribution in [0.2, 0.25) is 5.02 Å². The molecule has 1 heterocycles. The van der Waals surface area contributed by atoms with E-state index in [0.717, 1.165) is 5.56 Å². The van der Waals surface area contributed by atoms with Gasteiger partial charge in [0.05, 0.1) is 20.3 Å². The first-order valence-corrected chi connectivity index (χ1v) is 6.20. The van der Waals surface area contributed by atoms with Crippen LogP contribution in [-0.2, 0) is 6.54 Å². The minimum Gasteiger partial charge on any atom is -0.493 e. The van der Waals surface area contributed by atoms with Gasteiger partial charge in [0.2, 0.25) is 0 Å². The van der Waals surface area contributed by atoms with Crippen LogP contribution in [0.15, 0.2) is 24.8 Å². The van der Waals surface area contributed by atoms with Gasteiger partial charge in [-0.25, -0.2) is 4.68 Å². The molecule has 0 unspecified atom stereocenters. The van der Waals surface area contributed by atoms with E-state index in [4.69, 9.17) is 21.1 Å². The molecule has 7 heteroatoms. The summed E-state index contributed by atoms with van der Waals surface area (Å²) >= 11 is 6.20. The van der Waals surface area contributed by atoms with Crippen LogP contribution < -0.4 is 14.9 Å². The molecule has 0 aliphatic heterocycles. The fourth-order valence-electron chi connectivity index (χ4n) is 1.60. The fourth-order valence-corrected chi connectivity index (χ4v) is 1.82. The summed E-state index contributed by atoms with van der Waals surface area (Å²) in [6, 6.07) is 3.61. The molecule has 19 heavy (non-hydrogen) atoms. The molecule has 0 saturated heterocycles.